The molecule has 0 saturated heterocycles. The standard InChI is InChI=1S/C13H9BrClF2N/c14-10-5-7(1-4-12(10)17)13(18)9-6-8(16)2-3-11(9)15/h1-6,13H,18H2. The van der Waals surface area contributed by atoms with Gasteiger partial charge in [-0.2, -0.15) is 0 Å². The predicted octanol–water partition coefficient (Wildman–Crippen LogP) is 4.43. The minimum absolute atomic E-state index is 0.308. The van der Waals surface area contributed by atoms with E-state index in [0.717, 1.165) is 0 Å². The van der Waals surface area contributed by atoms with E-state index in [1.54, 1.807) is 12.1 Å². The molecule has 0 aliphatic rings. The lowest BCUT2D eigenvalue weighted by Gasteiger charge is -2.14. The Bertz CT molecular complexity index is 589. The predicted molar refractivity (Wildman–Crippen MR) is 71.5 cm³/mol. The van der Waals surface area contributed by atoms with Gasteiger partial charge in [-0.1, -0.05) is 17.7 Å². The van der Waals surface area contributed by atoms with Crippen LogP contribution in [0.15, 0.2) is 40.9 Å². The molecule has 1 unspecified atom stereocenters. The van der Waals surface area contributed by atoms with Gasteiger partial charge < -0.3 is 5.73 Å². The Morgan fingerprint density at radius 3 is 2.50 bits per heavy atom. The molecule has 18 heavy (non-hydrogen) atoms. The average Bonchev–Trinajstić information content (AvgIpc) is 2.35. The first kappa shape index (κ1) is 13.5. The summed E-state index contributed by atoms with van der Waals surface area (Å²) in [5.74, 6) is -0.790. The molecule has 1 nitrogen and oxygen atoms in total. The third-order valence-electron chi connectivity index (χ3n) is 2.60. The molecule has 0 aliphatic heterocycles. The Hall–Kier alpha value is -0.970. The van der Waals surface area contributed by atoms with E-state index in [9.17, 15) is 8.78 Å². The molecule has 2 aromatic carbocycles. The van der Waals surface area contributed by atoms with Gasteiger partial charge in [-0.25, -0.2) is 8.78 Å². The quantitative estimate of drug-likeness (QED) is 0.865. The molecule has 94 valence electrons. The molecule has 0 spiro atoms. The summed E-state index contributed by atoms with van der Waals surface area (Å²) in [7, 11) is 0. The van der Waals surface area contributed by atoms with E-state index in [-0.39, 0.29) is 5.82 Å². The number of benzene rings is 2. The van der Waals surface area contributed by atoms with E-state index >= 15 is 0 Å². The molecule has 2 N–H and O–H groups in total. The molecule has 2 rings (SSSR count). The number of rotatable bonds is 2. The maximum Gasteiger partial charge on any atom is 0.137 e. The molecule has 0 amide bonds. The molecule has 5 heteroatoms. The first-order valence-electron chi connectivity index (χ1n) is 5.14. The van der Waals surface area contributed by atoms with Gasteiger partial charge in [0.1, 0.15) is 11.6 Å². The number of halogens is 4. The highest BCUT2D eigenvalue weighted by atomic mass is 79.9. The number of nitrogens with two attached hydrogens (primary N) is 1. The van der Waals surface area contributed by atoms with E-state index in [4.69, 9.17) is 17.3 Å². The average molecular weight is 333 g/mol. The maximum atomic E-state index is 13.2. The highest BCUT2D eigenvalue weighted by molar-refractivity contribution is 9.10. The first-order valence-corrected chi connectivity index (χ1v) is 6.31. The summed E-state index contributed by atoms with van der Waals surface area (Å²) < 4.78 is 26.6. The molecule has 0 heterocycles. The fourth-order valence-corrected chi connectivity index (χ4v) is 2.27. The topological polar surface area (TPSA) is 26.0 Å². The molecule has 0 aliphatic carbocycles. The largest absolute Gasteiger partial charge is 0.320 e. The zero-order valence-electron chi connectivity index (χ0n) is 9.13. The Morgan fingerprint density at radius 2 is 1.83 bits per heavy atom. The maximum absolute atomic E-state index is 13.2. The fourth-order valence-electron chi connectivity index (χ4n) is 1.64. The molecule has 0 bridgehead atoms. The van der Waals surface area contributed by atoms with Crippen LogP contribution >= 0.6 is 27.5 Å². The summed E-state index contributed by atoms with van der Waals surface area (Å²) in [5.41, 5.74) is 7.13. The van der Waals surface area contributed by atoms with E-state index in [1.807, 2.05) is 0 Å². The van der Waals surface area contributed by atoms with Gasteiger partial charge in [0.25, 0.3) is 0 Å². The van der Waals surface area contributed by atoms with Crippen LogP contribution in [-0.4, -0.2) is 0 Å². The monoisotopic (exact) mass is 331 g/mol. The van der Waals surface area contributed by atoms with Crippen molar-refractivity contribution in [2.45, 2.75) is 6.04 Å². The van der Waals surface area contributed by atoms with E-state index < -0.39 is 11.9 Å². The fraction of sp³-hybridized carbons (Fsp3) is 0.0769. The Morgan fingerprint density at radius 1 is 1.11 bits per heavy atom. The van der Waals surface area contributed by atoms with Gasteiger partial charge in [-0.15, -0.1) is 0 Å². The van der Waals surface area contributed by atoms with E-state index in [1.165, 1.54) is 24.3 Å². The van der Waals surface area contributed by atoms with Gasteiger partial charge in [0.15, 0.2) is 0 Å². The van der Waals surface area contributed by atoms with Crippen LogP contribution < -0.4 is 5.73 Å². The van der Waals surface area contributed by atoms with Crippen LogP contribution in [0.2, 0.25) is 5.02 Å². The highest BCUT2D eigenvalue weighted by Crippen LogP contribution is 2.29. The van der Waals surface area contributed by atoms with Crippen LogP contribution in [0.25, 0.3) is 0 Å². The van der Waals surface area contributed by atoms with Crippen molar-refractivity contribution in [2.24, 2.45) is 5.73 Å². The zero-order chi connectivity index (χ0) is 13.3. The van der Waals surface area contributed by atoms with Crippen LogP contribution in [0.3, 0.4) is 0 Å². The molecule has 0 saturated carbocycles. The normalized spacial score (nSPS) is 12.5. The van der Waals surface area contributed by atoms with Crippen molar-refractivity contribution in [3.8, 4) is 0 Å². The summed E-state index contributed by atoms with van der Waals surface area (Å²) in [5, 5.41) is 0.379. The zero-order valence-corrected chi connectivity index (χ0v) is 11.5. The summed E-state index contributed by atoms with van der Waals surface area (Å²) in [4.78, 5) is 0. The highest BCUT2D eigenvalue weighted by Gasteiger charge is 2.14. The van der Waals surface area contributed by atoms with Crippen LogP contribution in [0.1, 0.15) is 17.2 Å². The van der Waals surface area contributed by atoms with Crippen molar-refractivity contribution in [3.63, 3.8) is 0 Å². The summed E-state index contributed by atoms with van der Waals surface area (Å²) in [6.07, 6.45) is 0. The van der Waals surface area contributed by atoms with E-state index in [0.29, 0.717) is 20.6 Å². The van der Waals surface area contributed by atoms with Crippen molar-refractivity contribution >= 4 is 27.5 Å². The summed E-state index contributed by atoms with van der Waals surface area (Å²) in [6, 6.07) is 7.79. The smallest absolute Gasteiger partial charge is 0.137 e. The third-order valence-corrected chi connectivity index (χ3v) is 3.55. The van der Waals surface area contributed by atoms with Gasteiger partial charge in [0, 0.05) is 5.02 Å². The van der Waals surface area contributed by atoms with Gasteiger partial charge in [0.2, 0.25) is 0 Å². The molecular weight excluding hydrogens is 324 g/mol. The molecule has 0 aromatic heterocycles. The number of hydrogen-bond donors (Lipinski definition) is 1. The second-order valence-corrected chi connectivity index (χ2v) is 5.08. The van der Waals surface area contributed by atoms with Crippen LogP contribution in [0, 0.1) is 11.6 Å². The molecular formula is C13H9BrClF2N. The van der Waals surface area contributed by atoms with Crippen LogP contribution in [-0.2, 0) is 0 Å². The lowest BCUT2D eigenvalue weighted by atomic mass is 9.99. The van der Waals surface area contributed by atoms with Gasteiger partial charge in [-0.3, -0.25) is 0 Å². The molecule has 0 fully saturated rings. The minimum Gasteiger partial charge on any atom is -0.320 e. The van der Waals surface area contributed by atoms with Gasteiger partial charge >= 0.3 is 0 Å². The van der Waals surface area contributed by atoms with Crippen molar-refractivity contribution in [3.05, 3.63) is 68.7 Å². The second kappa shape index (κ2) is 5.34. The van der Waals surface area contributed by atoms with Gasteiger partial charge in [-0.05, 0) is 57.4 Å². The van der Waals surface area contributed by atoms with Crippen LogP contribution in [0.5, 0.6) is 0 Å². The Kier molecular flexibility index (Phi) is 4.00. The SMILES string of the molecule is NC(c1ccc(F)c(Br)c1)c1cc(F)ccc1Cl. The van der Waals surface area contributed by atoms with Crippen molar-refractivity contribution in [1.29, 1.82) is 0 Å². The third kappa shape index (κ3) is 2.71. The Labute approximate surface area is 117 Å². The second-order valence-electron chi connectivity index (χ2n) is 3.82. The first-order chi connectivity index (χ1) is 8.49. The lowest BCUT2D eigenvalue weighted by molar-refractivity contribution is 0.617. The molecule has 1 atom stereocenters. The molecule has 0 radical (unpaired) electrons. The van der Waals surface area contributed by atoms with E-state index in [2.05, 4.69) is 15.9 Å². The number of hydrogen-bond acceptors (Lipinski definition) is 1. The summed E-state index contributed by atoms with van der Waals surface area (Å²) >= 11 is 9.06. The van der Waals surface area contributed by atoms with Crippen molar-refractivity contribution in [2.75, 3.05) is 0 Å². The van der Waals surface area contributed by atoms with Crippen LogP contribution in [0.4, 0.5) is 8.78 Å². The van der Waals surface area contributed by atoms with Gasteiger partial charge in [0.05, 0.1) is 10.5 Å². The Balaban J connectivity index is 2.44. The lowest BCUT2D eigenvalue weighted by Crippen LogP contribution is -2.13. The molecule has 2 aromatic rings. The summed E-state index contributed by atoms with van der Waals surface area (Å²) in [6.45, 7) is 0. The van der Waals surface area contributed by atoms with Crippen molar-refractivity contribution < 1.29 is 8.78 Å². The van der Waals surface area contributed by atoms with Crippen molar-refractivity contribution in [1.82, 2.24) is 0 Å². The minimum atomic E-state index is -0.606.